The van der Waals surface area contributed by atoms with Gasteiger partial charge in [0.1, 0.15) is 11.6 Å². The number of carbonyl (C=O) groups is 1. The van der Waals surface area contributed by atoms with E-state index >= 15 is 0 Å². The van der Waals surface area contributed by atoms with Crippen molar-refractivity contribution in [1.82, 2.24) is 9.78 Å². The predicted octanol–water partition coefficient (Wildman–Crippen LogP) is 3.23. The summed E-state index contributed by atoms with van der Waals surface area (Å²) in [6.07, 6.45) is 1.93. The average Bonchev–Trinajstić information content (AvgIpc) is 3.10. The summed E-state index contributed by atoms with van der Waals surface area (Å²) in [5.41, 5.74) is 2.17. The zero-order valence-electron chi connectivity index (χ0n) is 14.0. The number of benzene rings is 2. The molecule has 2 aromatic carbocycles. The van der Waals surface area contributed by atoms with Crippen LogP contribution >= 0.6 is 0 Å². The molecule has 0 spiro atoms. The van der Waals surface area contributed by atoms with Gasteiger partial charge in [-0.05, 0) is 54.6 Å². The largest absolute Gasteiger partial charge is 0.497 e. The van der Waals surface area contributed by atoms with Crippen LogP contribution in [0.3, 0.4) is 0 Å². The van der Waals surface area contributed by atoms with Gasteiger partial charge in [0.25, 0.3) is 0 Å². The molecule has 3 rings (SSSR count). The highest BCUT2D eigenvalue weighted by molar-refractivity contribution is 5.94. The van der Waals surface area contributed by atoms with E-state index in [-0.39, 0.29) is 18.1 Å². The average molecular weight is 339 g/mol. The number of carbonyl (C=O) groups excluding carboxylic acids is 1. The van der Waals surface area contributed by atoms with Crippen molar-refractivity contribution in [3.05, 3.63) is 72.3 Å². The minimum atomic E-state index is -0.299. The number of rotatable bonds is 5. The summed E-state index contributed by atoms with van der Waals surface area (Å²) in [6.45, 7) is 0. The maximum absolute atomic E-state index is 13.0. The molecule has 0 fully saturated rings. The van der Waals surface area contributed by atoms with Crippen molar-refractivity contribution < 1.29 is 13.9 Å². The molecule has 0 atom stereocenters. The molecule has 0 N–H and O–H groups in total. The van der Waals surface area contributed by atoms with E-state index in [2.05, 4.69) is 5.10 Å². The van der Waals surface area contributed by atoms with Gasteiger partial charge in [-0.15, -0.1) is 0 Å². The highest BCUT2D eigenvalue weighted by Crippen LogP contribution is 2.19. The number of ether oxygens (including phenoxy) is 1. The van der Waals surface area contributed by atoms with E-state index in [0.29, 0.717) is 5.69 Å². The summed E-state index contributed by atoms with van der Waals surface area (Å²) >= 11 is 0. The summed E-state index contributed by atoms with van der Waals surface area (Å²) in [6, 6.07) is 15.1. The van der Waals surface area contributed by atoms with Gasteiger partial charge in [0.05, 0.1) is 24.9 Å². The quantitative estimate of drug-likeness (QED) is 0.717. The molecule has 3 aromatic rings. The van der Waals surface area contributed by atoms with E-state index in [9.17, 15) is 9.18 Å². The van der Waals surface area contributed by atoms with Crippen molar-refractivity contribution in [2.45, 2.75) is 6.42 Å². The molecule has 5 nitrogen and oxygen atoms in total. The minimum Gasteiger partial charge on any atom is -0.497 e. The highest BCUT2D eigenvalue weighted by Gasteiger charge is 2.14. The highest BCUT2D eigenvalue weighted by atomic mass is 19.1. The summed E-state index contributed by atoms with van der Waals surface area (Å²) < 4.78 is 19.7. The molecule has 1 heterocycles. The third-order valence-corrected chi connectivity index (χ3v) is 3.90. The molecule has 6 heteroatoms. The molecule has 1 aromatic heterocycles. The minimum absolute atomic E-state index is 0.0745. The van der Waals surface area contributed by atoms with Crippen LogP contribution in [0.5, 0.6) is 5.75 Å². The normalized spacial score (nSPS) is 10.5. The Balaban J connectivity index is 1.69. The first kappa shape index (κ1) is 16.7. The number of hydrogen-bond donors (Lipinski definition) is 0. The van der Waals surface area contributed by atoms with Crippen LogP contribution in [0.1, 0.15) is 5.69 Å². The second-order valence-electron chi connectivity index (χ2n) is 5.56. The Morgan fingerprint density at radius 3 is 2.44 bits per heavy atom. The van der Waals surface area contributed by atoms with Crippen LogP contribution < -0.4 is 9.64 Å². The fourth-order valence-corrected chi connectivity index (χ4v) is 2.42. The van der Waals surface area contributed by atoms with Gasteiger partial charge in [-0.3, -0.25) is 4.79 Å². The third-order valence-electron chi connectivity index (χ3n) is 3.90. The standard InChI is InChI=1S/C19H18FN3O2/c1-22(16-7-9-18(25-2)10-8-16)19(24)13-15-11-12-23(21-15)17-5-3-14(20)4-6-17/h3-12H,13H2,1-2H3. The van der Waals surface area contributed by atoms with Crippen LogP contribution in [0, 0.1) is 5.82 Å². The molecule has 0 aliphatic heterocycles. The number of methoxy groups -OCH3 is 1. The topological polar surface area (TPSA) is 47.4 Å². The molecule has 0 unspecified atom stereocenters. The van der Waals surface area contributed by atoms with E-state index in [0.717, 1.165) is 17.1 Å². The number of hydrogen-bond acceptors (Lipinski definition) is 3. The molecule has 0 saturated heterocycles. The zero-order chi connectivity index (χ0) is 17.8. The fourth-order valence-electron chi connectivity index (χ4n) is 2.42. The van der Waals surface area contributed by atoms with Crippen molar-refractivity contribution in [3.63, 3.8) is 0 Å². The van der Waals surface area contributed by atoms with E-state index in [4.69, 9.17) is 4.74 Å². The first-order chi connectivity index (χ1) is 12.1. The number of amides is 1. The van der Waals surface area contributed by atoms with Crippen LogP contribution in [0.25, 0.3) is 5.69 Å². The van der Waals surface area contributed by atoms with Crippen molar-refractivity contribution >= 4 is 11.6 Å². The first-order valence-corrected chi connectivity index (χ1v) is 7.78. The molecule has 25 heavy (non-hydrogen) atoms. The summed E-state index contributed by atoms with van der Waals surface area (Å²) in [5, 5.41) is 4.38. The van der Waals surface area contributed by atoms with E-state index in [1.54, 1.807) is 48.1 Å². The van der Waals surface area contributed by atoms with Gasteiger partial charge in [-0.25, -0.2) is 9.07 Å². The second-order valence-corrected chi connectivity index (χ2v) is 5.56. The van der Waals surface area contributed by atoms with Crippen LogP contribution in [0.2, 0.25) is 0 Å². The van der Waals surface area contributed by atoms with Crippen LogP contribution in [-0.2, 0) is 11.2 Å². The lowest BCUT2D eigenvalue weighted by Gasteiger charge is -2.17. The smallest absolute Gasteiger partial charge is 0.232 e. The van der Waals surface area contributed by atoms with Crippen LogP contribution in [-0.4, -0.2) is 29.8 Å². The predicted molar refractivity (Wildman–Crippen MR) is 93.6 cm³/mol. The summed E-state index contributed by atoms with van der Waals surface area (Å²) in [4.78, 5) is 14.0. The van der Waals surface area contributed by atoms with Gasteiger partial charge in [0, 0.05) is 18.9 Å². The van der Waals surface area contributed by atoms with Crippen LogP contribution in [0.15, 0.2) is 60.8 Å². The Morgan fingerprint density at radius 1 is 1.12 bits per heavy atom. The number of halogens is 1. The zero-order valence-corrected chi connectivity index (χ0v) is 14.0. The van der Waals surface area contributed by atoms with Gasteiger partial charge in [-0.2, -0.15) is 5.10 Å². The maximum Gasteiger partial charge on any atom is 0.232 e. The van der Waals surface area contributed by atoms with E-state index < -0.39 is 0 Å². The Labute approximate surface area is 145 Å². The Morgan fingerprint density at radius 2 is 1.80 bits per heavy atom. The molecule has 0 bridgehead atoms. The Hall–Kier alpha value is -3.15. The molecule has 0 saturated carbocycles. The van der Waals surface area contributed by atoms with Gasteiger partial charge >= 0.3 is 0 Å². The van der Waals surface area contributed by atoms with Crippen LogP contribution in [0.4, 0.5) is 10.1 Å². The van der Waals surface area contributed by atoms with Crippen molar-refractivity contribution in [1.29, 1.82) is 0 Å². The fraction of sp³-hybridized carbons (Fsp3) is 0.158. The van der Waals surface area contributed by atoms with E-state index in [1.165, 1.54) is 12.1 Å². The number of anilines is 1. The maximum atomic E-state index is 13.0. The lowest BCUT2D eigenvalue weighted by Crippen LogP contribution is -2.27. The summed E-state index contributed by atoms with van der Waals surface area (Å²) in [5.74, 6) is 0.365. The lowest BCUT2D eigenvalue weighted by molar-refractivity contribution is -0.117. The molecular formula is C19H18FN3O2. The van der Waals surface area contributed by atoms with Crippen molar-refractivity contribution in [2.75, 3.05) is 19.1 Å². The van der Waals surface area contributed by atoms with Gasteiger partial charge < -0.3 is 9.64 Å². The molecule has 0 aliphatic carbocycles. The lowest BCUT2D eigenvalue weighted by atomic mass is 10.2. The van der Waals surface area contributed by atoms with Gasteiger partial charge in [0.15, 0.2) is 0 Å². The Bertz CT molecular complexity index is 857. The monoisotopic (exact) mass is 339 g/mol. The van der Waals surface area contributed by atoms with E-state index in [1.807, 2.05) is 24.3 Å². The summed E-state index contributed by atoms with van der Waals surface area (Å²) in [7, 11) is 3.32. The molecule has 1 amide bonds. The molecule has 128 valence electrons. The van der Waals surface area contributed by atoms with Gasteiger partial charge in [0.2, 0.25) is 5.91 Å². The first-order valence-electron chi connectivity index (χ1n) is 7.78. The Kier molecular flexibility index (Phi) is 4.79. The number of nitrogens with zero attached hydrogens (tertiary/aromatic N) is 3. The third kappa shape index (κ3) is 3.85. The molecule has 0 radical (unpaired) electrons. The van der Waals surface area contributed by atoms with Crippen molar-refractivity contribution in [3.8, 4) is 11.4 Å². The number of aromatic nitrogens is 2. The number of likely N-dealkylation sites (N-methyl/N-ethyl adjacent to an activating group) is 1. The SMILES string of the molecule is COc1ccc(N(C)C(=O)Cc2ccn(-c3ccc(F)cc3)n2)cc1. The van der Waals surface area contributed by atoms with Crippen molar-refractivity contribution in [2.24, 2.45) is 0 Å². The van der Waals surface area contributed by atoms with Gasteiger partial charge in [-0.1, -0.05) is 0 Å². The second kappa shape index (κ2) is 7.17. The molecule has 0 aliphatic rings. The molecular weight excluding hydrogens is 321 g/mol.